The van der Waals surface area contributed by atoms with Gasteiger partial charge in [0.1, 0.15) is 12.2 Å². The van der Waals surface area contributed by atoms with Crippen molar-refractivity contribution in [3.05, 3.63) is 0 Å². The first-order valence-electron chi connectivity index (χ1n) is 17.9. The van der Waals surface area contributed by atoms with Gasteiger partial charge in [0.15, 0.2) is 0 Å². The zero-order valence-corrected chi connectivity index (χ0v) is 30.1. The number of carbonyl (C=O) groups excluding carboxylic acids is 2. The third-order valence-corrected chi connectivity index (χ3v) is 10.5. The van der Waals surface area contributed by atoms with Gasteiger partial charge in [-0.3, -0.25) is 19.4 Å². The minimum Gasteiger partial charge on any atom is -0.462 e. The summed E-state index contributed by atoms with van der Waals surface area (Å²) in [6, 6.07) is 0. The van der Waals surface area contributed by atoms with Crippen LogP contribution in [0.5, 0.6) is 0 Å². The maximum absolute atomic E-state index is 12.7. The number of esters is 2. The van der Waals surface area contributed by atoms with Gasteiger partial charge in [-0.25, -0.2) is 0 Å². The highest BCUT2D eigenvalue weighted by Crippen LogP contribution is 2.40. The molecule has 0 atom stereocenters. The summed E-state index contributed by atoms with van der Waals surface area (Å²) in [5, 5.41) is 0. The number of nitrogens with zero attached hydrogens (tertiary/aromatic N) is 2. The Kier molecular flexibility index (Phi) is 15.0. The predicted molar refractivity (Wildman–Crippen MR) is 179 cm³/mol. The molecule has 0 spiro atoms. The molecule has 0 amide bonds. The number of rotatable bonds is 18. The third-order valence-electron chi connectivity index (χ3n) is 10.5. The van der Waals surface area contributed by atoms with Crippen LogP contribution in [-0.2, 0) is 19.1 Å². The van der Waals surface area contributed by atoms with Gasteiger partial charge in [-0.1, -0.05) is 64.7 Å². The summed E-state index contributed by atoms with van der Waals surface area (Å²) in [7, 11) is 2.17. The molecule has 6 nitrogen and oxygen atoms in total. The van der Waals surface area contributed by atoms with Gasteiger partial charge in [0.05, 0.1) is 0 Å². The predicted octanol–water partition coefficient (Wildman–Crippen LogP) is 9.23. The molecule has 6 heteroatoms. The highest BCUT2D eigenvalue weighted by atomic mass is 16.5. The summed E-state index contributed by atoms with van der Waals surface area (Å²) in [6.45, 7) is 21.6. The Morgan fingerprint density at radius 3 is 1.33 bits per heavy atom. The second-order valence-corrected chi connectivity index (χ2v) is 16.4. The molecule has 0 saturated carbocycles. The number of likely N-dealkylation sites (tertiary alicyclic amines) is 2. The summed E-state index contributed by atoms with van der Waals surface area (Å²) >= 11 is 0. The summed E-state index contributed by atoms with van der Waals surface area (Å²) in [4.78, 5) is 30.3. The normalized spacial score (nSPS) is 22.4. The Balaban J connectivity index is 1.57. The van der Waals surface area contributed by atoms with Crippen molar-refractivity contribution in [3.63, 3.8) is 0 Å². The topological polar surface area (TPSA) is 59.1 Å². The molecule has 2 saturated heterocycles. The van der Waals surface area contributed by atoms with Gasteiger partial charge in [0.2, 0.25) is 0 Å². The Labute approximate surface area is 266 Å². The van der Waals surface area contributed by atoms with E-state index in [0.29, 0.717) is 12.8 Å². The van der Waals surface area contributed by atoms with Crippen molar-refractivity contribution >= 4 is 11.9 Å². The molecular formula is C37H70N2O4. The van der Waals surface area contributed by atoms with Crippen LogP contribution in [0.1, 0.15) is 178 Å². The second kappa shape index (κ2) is 17.0. The maximum atomic E-state index is 12.7. The van der Waals surface area contributed by atoms with Gasteiger partial charge in [0, 0.05) is 60.7 Å². The lowest BCUT2D eigenvalue weighted by Gasteiger charge is -2.55. The average Bonchev–Trinajstić information content (AvgIpc) is 2.86. The van der Waals surface area contributed by atoms with Gasteiger partial charge in [-0.05, 0) is 88.2 Å². The van der Waals surface area contributed by atoms with Crippen molar-refractivity contribution in [2.75, 3.05) is 13.6 Å². The highest BCUT2D eigenvalue weighted by molar-refractivity contribution is 5.69. The van der Waals surface area contributed by atoms with Crippen molar-refractivity contribution in [1.82, 2.24) is 9.80 Å². The molecule has 43 heavy (non-hydrogen) atoms. The number of hydrogen-bond acceptors (Lipinski definition) is 6. The summed E-state index contributed by atoms with van der Waals surface area (Å²) in [5.74, 6) is -0.0903. The molecule has 2 aliphatic rings. The summed E-state index contributed by atoms with van der Waals surface area (Å²) < 4.78 is 11.9. The van der Waals surface area contributed by atoms with E-state index in [1.165, 1.54) is 38.5 Å². The Hall–Kier alpha value is -1.14. The molecule has 0 aliphatic carbocycles. The van der Waals surface area contributed by atoms with E-state index < -0.39 is 0 Å². The minimum absolute atomic E-state index is 0.00301. The van der Waals surface area contributed by atoms with E-state index in [4.69, 9.17) is 9.47 Å². The SMILES string of the molecule is CCCCCCCCN1C(C)(C)CC(OC(=O)CCCCCCCCC(=O)OC2CC(C)(C)N(C)C(C)(C)C2)CC1(C)C. The lowest BCUT2D eigenvalue weighted by atomic mass is 9.78. The average molecular weight is 607 g/mol. The largest absolute Gasteiger partial charge is 0.462 e. The molecule has 0 N–H and O–H groups in total. The standard InChI is InChI=1S/C37H70N2O4/c1-11-12-13-14-19-22-25-39-36(6,7)28-31(29-37(39,8)9)43-33(41)24-21-18-16-15-17-20-23-32(40)42-30-26-34(2,3)38(10)35(4,5)27-30/h30-31H,11-29H2,1-10H3. The first-order valence-corrected chi connectivity index (χ1v) is 17.9. The van der Waals surface area contributed by atoms with Gasteiger partial charge >= 0.3 is 11.9 Å². The zero-order chi connectivity index (χ0) is 32.3. The van der Waals surface area contributed by atoms with Crippen molar-refractivity contribution < 1.29 is 19.1 Å². The van der Waals surface area contributed by atoms with Crippen LogP contribution < -0.4 is 0 Å². The van der Waals surface area contributed by atoms with Crippen LogP contribution in [0.15, 0.2) is 0 Å². The van der Waals surface area contributed by atoms with Crippen molar-refractivity contribution in [2.24, 2.45) is 0 Å². The van der Waals surface area contributed by atoms with Crippen molar-refractivity contribution in [2.45, 2.75) is 212 Å². The quantitative estimate of drug-likeness (QED) is 0.114. The Morgan fingerprint density at radius 1 is 0.558 bits per heavy atom. The number of unbranched alkanes of at least 4 members (excludes halogenated alkanes) is 10. The van der Waals surface area contributed by atoms with E-state index in [1.54, 1.807) is 0 Å². The fourth-order valence-electron chi connectivity index (χ4n) is 8.06. The molecule has 0 unspecified atom stereocenters. The molecule has 2 aliphatic heterocycles. The number of hydrogen-bond donors (Lipinski definition) is 0. The molecule has 2 rings (SSSR count). The first-order chi connectivity index (χ1) is 20.0. The van der Waals surface area contributed by atoms with E-state index in [1.807, 2.05) is 0 Å². The molecule has 0 bridgehead atoms. The Morgan fingerprint density at radius 2 is 0.907 bits per heavy atom. The monoisotopic (exact) mass is 607 g/mol. The van der Waals surface area contributed by atoms with Gasteiger partial charge in [-0.15, -0.1) is 0 Å². The summed E-state index contributed by atoms with van der Waals surface area (Å²) in [6.07, 6.45) is 18.5. The van der Waals surface area contributed by atoms with Crippen molar-refractivity contribution in [3.8, 4) is 0 Å². The smallest absolute Gasteiger partial charge is 0.306 e. The number of carbonyl (C=O) groups is 2. The van der Waals surface area contributed by atoms with E-state index in [0.717, 1.165) is 70.8 Å². The van der Waals surface area contributed by atoms with E-state index in [9.17, 15) is 9.59 Å². The van der Waals surface area contributed by atoms with Crippen LogP contribution in [0.2, 0.25) is 0 Å². The summed E-state index contributed by atoms with van der Waals surface area (Å²) in [5.41, 5.74) is 0.110. The second-order valence-electron chi connectivity index (χ2n) is 16.4. The number of piperidine rings is 2. The molecule has 2 heterocycles. The molecule has 2 fully saturated rings. The van der Waals surface area contributed by atoms with E-state index >= 15 is 0 Å². The molecule has 0 aromatic heterocycles. The van der Waals surface area contributed by atoms with Crippen LogP contribution >= 0.6 is 0 Å². The molecule has 0 aromatic rings. The maximum Gasteiger partial charge on any atom is 0.306 e. The molecule has 0 aromatic carbocycles. The number of ether oxygens (including phenoxy) is 2. The fraction of sp³-hybridized carbons (Fsp3) is 0.946. The van der Waals surface area contributed by atoms with Crippen LogP contribution in [0, 0.1) is 0 Å². The van der Waals surface area contributed by atoms with Crippen molar-refractivity contribution in [1.29, 1.82) is 0 Å². The first kappa shape index (κ1) is 38.0. The lowest BCUT2D eigenvalue weighted by Crippen LogP contribution is -2.62. The Bertz CT molecular complexity index is 814. The van der Waals surface area contributed by atoms with Crippen LogP contribution in [-0.4, -0.2) is 69.7 Å². The van der Waals surface area contributed by atoms with E-state index in [-0.39, 0.29) is 46.3 Å². The van der Waals surface area contributed by atoms with Gasteiger partial charge in [-0.2, -0.15) is 0 Å². The zero-order valence-electron chi connectivity index (χ0n) is 30.1. The van der Waals surface area contributed by atoms with E-state index in [2.05, 4.69) is 79.2 Å². The van der Waals surface area contributed by atoms with Gasteiger partial charge in [0.25, 0.3) is 0 Å². The lowest BCUT2D eigenvalue weighted by molar-refractivity contribution is -0.161. The third kappa shape index (κ3) is 12.6. The van der Waals surface area contributed by atoms with Gasteiger partial charge < -0.3 is 9.47 Å². The molecular weight excluding hydrogens is 536 g/mol. The minimum atomic E-state index is -0.0523. The fourth-order valence-corrected chi connectivity index (χ4v) is 8.06. The molecule has 252 valence electrons. The highest BCUT2D eigenvalue weighted by Gasteiger charge is 2.46. The van der Waals surface area contributed by atoms with Crippen LogP contribution in [0.3, 0.4) is 0 Å². The molecule has 0 radical (unpaired) electrons. The van der Waals surface area contributed by atoms with Crippen LogP contribution in [0.25, 0.3) is 0 Å². The van der Waals surface area contributed by atoms with Crippen LogP contribution in [0.4, 0.5) is 0 Å².